The van der Waals surface area contributed by atoms with E-state index < -0.39 is 33.4 Å². The molecule has 0 unspecified atom stereocenters. The van der Waals surface area contributed by atoms with Gasteiger partial charge in [-0.15, -0.1) is 0 Å². The Balaban J connectivity index is 4.49. The van der Waals surface area contributed by atoms with E-state index in [4.69, 9.17) is 5.11 Å². The molecule has 0 atom stereocenters. The number of aliphatic carboxylic acids is 1. The first-order valence-corrected chi connectivity index (χ1v) is 4.52. The van der Waals surface area contributed by atoms with Gasteiger partial charge < -0.3 is 5.11 Å². The molecule has 0 radical (unpaired) electrons. The smallest absolute Gasteiger partial charge is 0.364 e. The molecule has 0 aromatic heterocycles. The zero-order valence-electron chi connectivity index (χ0n) is 5.77. The van der Waals surface area contributed by atoms with Crippen LogP contribution in [0.4, 0.5) is 19.4 Å². The van der Waals surface area contributed by atoms with Gasteiger partial charge in [0, 0.05) is 0 Å². The summed E-state index contributed by atoms with van der Waals surface area (Å²) in [5.74, 6) is -4.23. The normalized spacial score (nSPS) is 17.0. The number of carbonyl (C=O) groups is 2. The van der Waals surface area contributed by atoms with Crippen LogP contribution in [0.2, 0.25) is 0 Å². The van der Waals surface area contributed by atoms with Crippen molar-refractivity contribution in [2.45, 2.75) is 6.42 Å². The number of carboxylic acids is 1. The van der Waals surface area contributed by atoms with Crippen LogP contribution in [-0.4, -0.2) is 17.0 Å². The molecule has 0 bridgehead atoms. The first kappa shape index (κ1) is 11.9. The molecule has 0 spiro atoms. The maximum Gasteiger partial charge on any atom is 0.364 e. The van der Waals surface area contributed by atoms with E-state index >= 15 is 0 Å². The SMILES string of the molecule is O=C(O)CC(=O)NS(F)(F)(F)(F)F. The number of nitrogens with one attached hydrogen (secondary N) is 1. The molecule has 0 aromatic rings. The van der Waals surface area contributed by atoms with Crippen LogP contribution in [0.15, 0.2) is 0 Å². The lowest BCUT2D eigenvalue weighted by Gasteiger charge is -2.40. The standard InChI is InChI=1S/C3H4F5NO3S/c4-13(5,6,7,8)9-2(10)1-3(11)12/h1H2,(H,9,10)(H,11,12). The molecule has 4 nitrogen and oxygen atoms in total. The van der Waals surface area contributed by atoms with Crippen LogP contribution in [0.5, 0.6) is 0 Å². The van der Waals surface area contributed by atoms with E-state index in [-0.39, 0.29) is 0 Å². The Morgan fingerprint density at radius 1 is 1.15 bits per heavy atom. The Morgan fingerprint density at radius 3 is 1.77 bits per heavy atom. The van der Waals surface area contributed by atoms with Gasteiger partial charge in [-0.25, -0.2) is 4.72 Å². The quantitative estimate of drug-likeness (QED) is 0.572. The summed E-state index contributed by atoms with van der Waals surface area (Å²) < 4.78 is 56.4. The lowest BCUT2D eigenvalue weighted by atomic mass is 10.4. The zero-order chi connectivity index (χ0) is 11.0. The summed E-state index contributed by atoms with van der Waals surface area (Å²) in [5, 5.41) is 7.79. The second kappa shape index (κ2) is 2.25. The number of hydrogen-bond donors (Lipinski definition) is 2. The van der Waals surface area contributed by atoms with Gasteiger partial charge in [-0.1, -0.05) is 19.4 Å². The topological polar surface area (TPSA) is 66.4 Å². The van der Waals surface area contributed by atoms with Crippen molar-refractivity contribution in [1.29, 1.82) is 0 Å². The molecule has 10 heteroatoms. The summed E-state index contributed by atoms with van der Waals surface area (Å²) in [6, 6.07) is 0. The van der Waals surface area contributed by atoms with Crippen molar-refractivity contribution in [2.24, 2.45) is 0 Å². The van der Waals surface area contributed by atoms with Crippen molar-refractivity contribution in [3.05, 3.63) is 0 Å². The molecule has 13 heavy (non-hydrogen) atoms. The summed E-state index contributed by atoms with van der Waals surface area (Å²) in [6.45, 7) is 0. The van der Waals surface area contributed by atoms with E-state index in [1.165, 1.54) is 0 Å². The molecular formula is C3H4F5NO3S. The molecule has 0 heterocycles. The fourth-order valence-electron chi connectivity index (χ4n) is 0.389. The summed E-state index contributed by atoms with van der Waals surface area (Å²) >= 11 is 0. The van der Waals surface area contributed by atoms with E-state index in [9.17, 15) is 29.0 Å². The molecule has 80 valence electrons. The molecular weight excluding hydrogens is 225 g/mol. The van der Waals surface area contributed by atoms with Gasteiger partial charge in [0.1, 0.15) is 6.42 Å². The van der Waals surface area contributed by atoms with Crippen molar-refractivity contribution >= 4 is 22.3 Å². The van der Waals surface area contributed by atoms with Gasteiger partial charge in [0.2, 0.25) is 5.91 Å². The summed E-state index contributed by atoms with van der Waals surface area (Å²) in [6.07, 6.45) is -1.66. The van der Waals surface area contributed by atoms with Crippen LogP contribution in [0.3, 0.4) is 0 Å². The fraction of sp³-hybridized carbons (Fsp3) is 0.333. The molecule has 2 N–H and O–H groups in total. The van der Waals surface area contributed by atoms with Gasteiger partial charge in [-0.05, 0) is 0 Å². The summed E-state index contributed by atoms with van der Waals surface area (Å²) in [5.41, 5.74) is 0. The van der Waals surface area contributed by atoms with E-state index in [1.807, 2.05) is 0 Å². The molecule has 0 aliphatic carbocycles. The molecule has 0 aliphatic rings. The van der Waals surface area contributed by atoms with E-state index in [0.717, 1.165) is 0 Å². The van der Waals surface area contributed by atoms with E-state index in [0.29, 0.717) is 0 Å². The molecule has 0 aliphatic heterocycles. The van der Waals surface area contributed by atoms with E-state index in [2.05, 4.69) is 0 Å². The second-order valence-corrected chi connectivity index (χ2v) is 4.21. The third kappa shape index (κ3) is 8.85. The Labute approximate surface area is 68.6 Å². The summed E-state index contributed by atoms with van der Waals surface area (Å²) in [4.78, 5) is 19.7. The highest BCUT2D eigenvalue weighted by Crippen LogP contribution is 2.94. The average Bonchev–Trinajstić information content (AvgIpc) is 1.48. The first-order valence-electron chi connectivity index (χ1n) is 2.56. The van der Waals surface area contributed by atoms with Gasteiger partial charge in [0.05, 0.1) is 0 Å². The molecule has 0 saturated carbocycles. The van der Waals surface area contributed by atoms with E-state index in [1.54, 1.807) is 0 Å². The van der Waals surface area contributed by atoms with Gasteiger partial charge >= 0.3 is 16.4 Å². The first-order chi connectivity index (χ1) is 5.29. The number of halogens is 5. The van der Waals surface area contributed by atoms with Crippen LogP contribution in [0.25, 0.3) is 0 Å². The molecule has 0 aromatic carbocycles. The Morgan fingerprint density at radius 2 is 1.54 bits per heavy atom. The second-order valence-electron chi connectivity index (χ2n) is 2.06. The van der Waals surface area contributed by atoms with Gasteiger partial charge in [0.15, 0.2) is 0 Å². The van der Waals surface area contributed by atoms with Crippen molar-refractivity contribution in [1.82, 2.24) is 4.72 Å². The highest BCUT2D eigenvalue weighted by molar-refractivity contribution is 8.44. The fourth-order valence-corrected chi connectivity index (χ4v) is 0.891. The number of carboxylic acid groups (broad SMARTS) is 1. The lowest BCUT2D eigenvalue weighted by Crippen LogP contribution is -2.34. The van der Waals surface area contributed by atoms with Crippen LogP contribution < -0.4 is 4.72 Å². The highest BCUT2D eigenvalue weighted by atomic mass is 32.5. The van der Waals surface area contributed by atoms with Gasteiger partial charge in [-0.2, -0.15) is 0 Å². The third-order valence-electron chi connectivity index (χ3n) is 0.618. The van der Waals surface area contributed by atoms with Crippen LogP contribution in [0.1, 0.15) is 6.42 Å². The minimum Gasteiger partial charge on any atom is -0.481 e. The Hall–Kier alpha value is -1.06. The maximum atomic E-state index is 11.4. The van der Waals surface area contributed by atoms with Crippen LogP contribution in [-0.2, 0) is 9.59 Å². The van der Waals surface area contributed by atoms with Crippen molar-refractivity contribution in [3.63, 3.8) is 0 Å². The average molecular weight is 229 g/mol. The minimum absolute atomic E-state index is 0.532. The molecule has 0 rings (SSSR count). The van der Waals surface area contributed by atoms with Crippen LogP contribution in [0, 0.1) is 0 Å². The minimum atomic E-state index is -10.0. The number of carbonyl (C=O) groups excluding carboxylic acids is 1. The van der Waals surface area contributed by atoms with Crippen LogP contribution >= 0.6 is 10.4 Å². The maximum absolute atomic E-state index is 11.4. The highest BCUT2D eigenvalue weighted by Gasteiger charge is 2.64. The number of rotatable bonds is 3. The monoisotopic (exact) mass is 229 g/mol. The summed E-state index contributed by atoms with van der Waals surface area (Å²) in [7, 11) is -10.0. The third-order valence-corrected chi connectivity index (χ3v) is 1.23. The Kier molecular flexibility index (Phi) is 2.06. The van der Waals surface area contributed by atoms with Crippen molar-refractivity contribution < 1.29 is 34.1 Å². The largest absolute Gasteiger partial charge is 0.481 e. The number of amides is 1. The van der Waals surface area contributed by atoms with Gasteiger partial charge in [0.25, 0.3) is 0 Å². The number of hydrogen-bond acceptors (Lipinski definition) is 2. The predicted molar refractivity (Wildman–Crippen MR) is 33.5 cm³/mol. The predicted octanol–water partition coefficient (Wildman–Crippen LogP) is 1.79. The molecule has 0 fully saturated rings. The molecule has 0 saturated heterocycles. The lowest BCUT2D eigenvalue weighted by molar-refractivity contribution is -0.140. The Bertz CT molecular complexity index is 256. The van der Waals surface area contributed by atoms with Crippen molar-refractivity contribution in [2.75, 3.05) is 0 Å². The molecule has 1 amide bonds. The van der Waals surface area contributed by atoms with Gasteiger partial charge in [-0.3, -0.25) is 9.59 Å². The zero-order valence-corrected chi connectivity index (χ0v) is 6.59. The van der Waals surface area contributed by atoms with Crippen molar-refractivity contribution in [3.8, 4) is 0 Å².